The molecule has 3 rings (SSSR count). The van der Waals surface area contributed by atoms with Crippen molar-refractivity contribution in [3.63, 3.8) is 0 Å². The number of fused-ring (bicyclic) bond motifs is 2. The summed E-state index contributed by atoms with van der Waals surface area (Å²) < 4.78 is 10.6. The first kappa shape index (κ1) is 12.0. The fourth-order valence-electron chi connectivity index (χ4n) is 2.52. The highest BCUT2D eigenvalue weighted by atomic mass is 16.5. The Labute approximate surface area is 110 Å². The van der Waals surface area contributed by atoms with Gasteiger partial charge in [0.15, 0.2) is 0 Å². The van der Waals surface area contributed by atoms with E-state index in [1.165, 1.54) is 7.11 Å². The Bertz CT molecular complexity index is 536. The number of hydrogen-bond donors (Lipinski definition) is 1. The first-order valence-corrected chi connectivity index (χ1v) is 6.08. The molecule has 2 aliphatic heterocycles. The number of carbonyl (C=O) groups excluding carboxylic acids is 2. The molecule has 0 aromatic heterocycles. The van der Waals surface area contributed by atoms with Gasteiger partial charge in [-0.1, -0.05) is 0 Å². The normalized spacial score (nSPS) is 25.8. The molecule has 0 aliphatic carbocycles. The molecular weight excluding hydrogens is 248 g/mol. The van der Waals surface area contributed by atoms with Crippen molar-refractivity contribution in [2.75, 3.05) is 17.7 Å². The largest absolute Gasteiger partial charge is 0.495 e. The van der Waals surface area contributed by atoms with Crippen molar-refractivity contribution >= 4 is 23.2 Å². The third-order valence-electron chi connectivity index (χ3n) is 3.46. The number of benzene rings is 1. The van der Waals surface area contributed by atoms with Crippen LogP contribution < -0.4 is 15.4 Å². The number of ether oxygens (including phenoxy) is 2. The number of hydrogen-bond acceptors (Lipinski definition) is 5. The molecular formula is C13H14N2O4. The van der Waals surface area contributed by atoms with Crippen molar-refractivity contribution < 1.29 is 19.1 Å². The molecule has 0 radical (unpaired) electrons. The van der Waals surface area contributed by atoms with Crippen LogP contribution in [0.15, 0.2) is 18.2 Å². The topological polar surface area (TPSA) is 81.9 Å². The van der Waals surface area contributed by atoms with E-state index in [4.69, 9.17) is 15.2 Å². The average molecular weight is 262 g/mol. The van der Waals surface area contributed by atoms with Gasteiger partial charge in [0.25, 0.3) is 11.8 Å². The van der Waals surface area contributed by atoms with Crippen molar-refractivity contribution in [3.8, 4) is 5.75 Å². The van der Waals surface area contributed by atoms with Crippen molar-refractivity contribution in [1.82, 2.24) is 0 Å². The van der Waals surface area contributed by atoms with Crippen LogP contribution in [0.3, 0.4) is 0 Å². The maximum Gasteiger partial charge on any atom is 0.263 e. The van der Waals surface area contributed by atoms with E-state index in [-0.39, 0.29) is 11.8 Å². The molecule has 6 heteroatoms. The zero-order valence-corrected chi connectivity index (χ0v) is 10.5. The van der Waals surface area contributed by atoms with Gasteiger partial charge in [-0.05, 0) is 31.0 Å². The van der Waals surface area contributed by atoms with Gasteiger partial charge in [-0.3, -0.25) is 9.59 Å². The minimum absolute atomic E-state index is 0.345. The second-order valence-corrected chi connectivity index (χ2v) is 4.63. The summed E-state index contributed by atoms with van der Waals surface area (Å²) in [6.45, 7) is 0. The van der Waals surface area contributed by atoms with E-state index in [0.717, 1.165) is 4.90 Å². The van der Waals surface area contributed by atoms with E-state index in [0.29, 0.717) is 30.0 Å². The van der Waals surface area contributed by atoms with Crippen molar-refractivity contribution in [3.05, 3.63) is 18.2 Å². The fourth-order valence-corrected chi connectivity index (χ4v) is 2.52. The second-order valence-electron chi connectivity index (χ2n) is 4.63. The van der Waals surface area contributed by atoms with Crippen LogP contribution in [-0.4, -0.2) is 31.1 Å². The lowest BCUT2D eigenvalue weighted by Gasteiger charge is -2.30. The third kappa shape index (κ3) is 1.76. The van der Waals surface area contributed by atoms with Crippen LogP contribution in [-0.2, 0) is 14.3 Å². The molecule has 2 heterocycles. The van der Waals surface area contributed by atoms with Gasteiger partial charge >= 0.3 is 0 Å². The summed E-state index contributed by atoms with van der Waals surface area (Å²) in [6.07, 6.45) is 0.0925. The highest BCUT2D eigenvalue weighted by Gasteiger charge is 2.47. The molecule has 2 unspecified atom stereocenters. The summed E-state index contributed by atoms with van der Waals surface area (Å²) in [5.74, 6) is -0.248. The molecule has 2 N–H and O–H groups in total. The number of nitrogen functional groups attached to an aromatic ring is 1. The van der Waals surface area contributed by atoms with Gasteiger partial charge in [-0.25, -0.2) is 4.90 Å². The second kappa shape index (κ2) is 4.24. The molecule has 0 spiro atoms. The number of imide groups is 1. The number of amides is 2. The fraction of sp³-hybridized carbons (Fsp3) is 0.385. The molecule has 100 valence electrons. The number of morpholine rings is 1. The Kier molecular flexibility index (Phi) is 2.67. The standard InChI is InChI=1S/C13H14N2O4/c1-18-9-3-2-7(14)6-8(9)15-12(16)10-4-5-11(19-10)13(15)17/h2-3,6,10-11H,4-5,14H2,1H3. The van der Waals surface area contributed by atoms with E-state index in [9.17, 15) is 9.59 Å². The molecule has 2 atom stereocenters. The van der Waals surface area contributed by atoms with Crippen LogP contribution in [0.1, 0.15) is 12.8 Å². The molecule has 6 nitrogen and oxygen atoms in total. The number of nitrogens with zero attached hydrogens (tertiary/aromatic N) is 1. The molecule has 2 saturated heterocycles. The predicted octanol–water partition coefficient (Wildman–Crippen LogP) is 0.698. The maximum absolute atomic E-state index is 12.3. The number of carbonyl (C=O) groups is 2. The summed E-state index contributed by atoms with van der Waals surface area (Å²) in [4.78, 5) is 25.7. The zero-order valence-electron chi connectivity index (χ0n) is 10.5. The molecule has 2 aliphatic rings. The Hall–Kier alpha value is -2.08. The molecule has 0 saturated carbocycles. The molecule has 1 aromatic rings. The van der Waals surface area contributed by atoms with Crippen molar-refractivity contribution in [1.29, 1.82) is 0 Å². The molecule has 2 amide bonds. The Morgan fingerprint density at radius 1 is 1.26 bits per heavy atom. The van der Waals surface area contributed by atoms with E-state index in [1.807, 2.05) is 0 Å². The van der Waals surface area contributed by atoms with Gasteiger partial charge in [0.2, 0.25) is 0 Å². The van der Waals surface area contributed by atoms with Crippen molar-refractivity contribution in [2.24, 2.45) is 0 Å². The van der Waals surface area contributed by atoms with Crippen LogP contribution in [0.25, 0.3) is 0 Å². The summed E-state index contributed by atoms with van der Waals surface area (Å²) >= 11 is 0. The lowest BCUT2D eigenvalue weighted by Crippen LogP contribution is -2.52. The molecule has 1 aromatic carbocycles. The van der Waals surface area contributed by atoms with Gasteiger partial charge in [-0.15, -0.1) is 0 Å². The first-order valence-electron chi connectivity index (χ1n) is 6.08. The number of anilines is 2. The van der Waals surface area contributed by atoms with E-state index in [2.05, 4.69) is 0 Å². The van der Waals surface area contributed by atoms with Crippen LogP contribution in [0, 0.1) is 0 Å². The molecule has 2 fully saturated rings. The van der Waals surface area contributed by atoms with Gasteiger partial charge < -0.3 is 15.2 Å². The summed E-state index contributed by atoms with van der Waals surface area (Å²) in [5, 5.41) is 0. The maximum atomic E-state index is 12.3. The third-order valence-corrected chi connectivity index (χ3v) is 3.46. The summed E-state index contributed by atoms with van der Waals surface area (Å²) in [5.41, 5.74) is 6.58. The van der Waals surface area contributed by atoms with E-state index in [1.54, 1.807) is 18.2 Å². The quantitative estimate of drug-likeness (QED) is 0.626. The average Bonchev–Trinajstić information content (AvgIpc) is 2.84. The van der Waals surface area contributed by atoms with E-state index < -0.39 is 12.2 Å². The van der Waals surface area contributed by atoms with Crippen LogP contribution in [0.4, 0.5) is 11.4 Å². The minimum Gasteiger partial charge on any atom is -0.495 e. The number of nitrogens with two attached hydrogens (primary N) is 1. The van der Waals surface area contributed by atoms with Gasteiger partial charge in [0.1, 0.15) is 18.0 Å². The van der Waals surface area contributed by atoms with Gasteiger partial charge in [-0.2, -0.15) is 0 Å². The lowest BCUT2D eigenvalue weighted by molar-refractivity contribution is -0.146. The van der Waals surface area contributed by atoms with Gasteiger partial charge in [0, 0.05) is 5.69 Å². The van der Waals surface area contributed by atoms with Crippen LogP contribution in [0.2, 0.25) is 0 Å². The summed E-state index contributed by atoms with van der Waals surface area (Å²) in [7, 11) is 1.49. The van der Waals surface area contributed by atoms with Crippen molar-refractivity contribution in [2.45, 2.75) is 25.0 Å². The van der Waals surface area contributed by atoms with Crippen LogP contribution in [0.5, 0.6) is 5.75 Å². The zero-order chi connectivity index (χ0) is 13.6. The SMILES string of the molecule is COc1ccc(N)cc1N1C(=O)C2CCC(O2)C1=O. The Morgan fingerprint density at radius 3 is 2.47 bits per heavy atom. The lowest BCUT2D eigenvalue weighted by atomic mass is 10.2. The molecule has 2 bridgehead atoms. The summed E-state index contributed by atoms with van der Waals surface area (Å²) in [6, 6.07) is 4.87. The molecule has 19 heavy (non-hydrogen) atoms. The van der Waals surface area contributed by atoms with Crippen LogP contribution >= 0.6 is 0 Å². The van der Waals surface area contributed by atoms with Gasteiger partial charge in [0.05, 0.1) is 12.8 Å². The number of methoxy groups -OCH3 is 1. The highest BCUT2D eigenvalue weighted by molar-refractivity contribution is 6.20. The first-order chi connectivity index (χ1) is 9.11. The smallest absolute Gasteiger partial charge is 0.263 e. The Morgan fingerprint density at radius 2 is 1.89 bits per heavy atom. The van der Waals surface area contributed by atoms with E-state index >= 15 is 0 Å². The number of rotatable bonds is 2. The Balaban J connectivity index is 2.08. The minimum atomic E-state index is -0.533. The monoisotopic (exact) mass is 262 g/mol. The highest BCUT2D eigenvalue weighted by Crippen LogP contribution is 2.37. The predicted molar refractivity (Wildman–Crippen MR) is 67.8 cm³/mol.